The zero-order valence-electron chi connectivity index (χ0n) is 14.8. The highest BCUT2D eigenvalue weighted by atomic mass is 16.5. The van der Waals surface area contributed by atoms with Gasteiger partial charge in [-0.05, 0) is 45.4 Å². The van der Waals surface area contributed by atoms with Gasteiger partial charge in [0, 0.05) is 26.1 Å². The van der Waals surface area contributed by atoms with Gasteiger partial charge >= 0.3 is 0 Å². The van der Waals surface area contributed by atoms with Gasteiger partial charge in [-0.3, -0.25) is 14.6 Å². The maximum absolute atomic E-state index is 12.2. The van der Waals surface area contributed by atoms with E-state index < -0.39 is 11.5 Å². The third-order valence-corrected chi connectivity index (χ3v) is 4.33. The number of aliphatic imine (C=N–C) groups is 1. The molecule has 0 aromatic heterocycles. The molecular weight excluding hydrogens is 310 g/mol. The van der Waals surface area contributed by atoms with E-state index in [1.54, 1.807) is 13.8 Å². The minimum absolute atomic E-state index is 0.0881. The molecule has 0 unspecified atom stereocenters. The number of amides is 2. The van der Waals surface area contributed by atoms with Crippen molar-refractivity contribution >= 4 is 17.8 Å². The fourth-order valence-corrected chi connectivity index (χ4v) is 2.50. The van der Waals surface area contributed by atoms with E-state index in [2.05, 4.69) is 4.99 Å². The van der Waals surface area contributed by atoms with Crippen LogP contribution in [-0.2, 0) is 14.3 Å². The number of rotatable bonds is 9. The predicted octanol–water partition coefficient (Wildman–Crippen LogP) is -0.0508. The molecule has 2 amide bonds. The van der Waals surface area contributed by atoms with Crippen LogP contribution in [0, 0.1) is 5.92 Å². The van der Waals surface area contributed by atoms with Crippen LogP contribution in [0.15, 0.2) is 4.99 Å². The number of unbranched alkanes of at least 4 members (excludes halogenated alkanes) is 1. The van der Waals surface area contributed by atoms with E-state index in [4.69, 9.17) is 21.9 Å². The van der Waals surface area contributed by atoms with Crippen LogP contribution >= 0.6 is 0 Å². The van der Waals surface area contributed by atoms with Crippen molar-refractivity contribution in [3.63, 3.8) is 0 Å². The van der Waals surface area contributed by atoms with E-state index in [-0.39, 0.29) is 11.9 Å². The van der Waals surface area contributed by atoms with Crippen molar-refractivity contribution < 1.29 is 14.3 Å². The molecule has 0 spiro atoms. The van der Waals surface area contributed by atoms with Crippen LogP contribution in [0.2, 0.25) is 0 Å². The summed E-state index contributed by atoms with van der Waals surface area (Å²) in [5, 5.41) is 0. The van der Waals surface area contributed by atoms with Crippen molar-refractivity contribution in [1.82, 2.24) is 4.90 Å². The van der Waals surface area contributed by atoms with Gasteiger partial charge in [-0.2, -0.15) is 0 Å². The number of ether oxygens (including phenoxy) is 1. The van der Waals surface area contributed by atoms with Crippen LogP contribution in [0.1, 0.15) is 46.0 Å². The minimum atomic E-state index is -0.942. The SMILES string of the molecule is CC(C)(OCC1CCN(C(=O)CCCCN=C(N)N)CC1)C(N)=O. The number of likely N-dealkylation sites (tertiary alicyclic amines) is 1. The molecule has 0 bridgehead atoms. The van der Waals surface area contributed by atoms with Crippen molar-refractivity contribution in [3.05, 3.63) is 0 Å². The van der Waals surface area contributed by atoms with Crippen LogP contribution in [0.5, 0.6) is 0 Å². The van der Waals surface area contributed by atoms with Gasteiger partial charge in [0.1, 0.15) is 5.60 Å². The van der Waals surface area contributed by atoms with Crippen molar-refractivity contribution in [2.75, 3.05) is 26.2 Å². The second kappa shape index (κ2) is 9.46. The molecule has 138 valence electrons. The van der Waals surface area contributed by atoms with Crippen LogP contribution < -0.4 is 17.2 Å². The van der Waals surface area contributed by atoms with Gasteiger partial charge in [-0.15, -0.1) is 0 Å². The molecule has 0 aliphatic carbocycles. The van der Waals surface area contributed by atoms with Gasteiger partial charge in [0.2, 0.25) is 11.8 Å². The second-order valence-electron chi connectivity index (χ2n) is 6.77. The number of piperidine rings is 1. The summed E-state index contributed by atoms with van der Waals surface area (Å²) < 4.78 is 5.63. The molecule has 8 nitrogen and oxygen atoms in total. The first-order chi connectivity index (χ1) is 11.2. The van der Waals surface area contributed by atoms with Crippen LogP contribution in [-0.4, -0.2) is 54.5 Å². The Morgan fingerprint density at radius 1 is 1.17 bits per heavy atom. The molecule has 1 heterocycles. The second-order valence-corrected chi connectivity index (χ2v) is 6.77. The van der Waals surface area contributed by atoms with Crippen LogP contribution in [0.25, 0.3) is 0 Å². The topological polar surface area (TPSA) is 137 Å². The summed E-state index contributed by atoms with van der Waals surface area (Å²) in [5.74, 6) is 0.159. The van der Waals surface area contributed by atoms with Crippen molar-refractivity contribution in [1.29, 1.82) is 0 Å². The standard InChI is InChI=1S/C16H31N5O3/c1-16(2,14(17)23)24-11-12-6-9-21(10-7-12)13(22)5-3-4-8-20-15(18)19/h12H,3-11H2,1-2H3,(H2,17,23)(H4,18,19,20). The Hall–Kier alpha value is -1.83. The maximum atomic E-state index is 12.2. The number of nitrogens with two attached hydrogens (primary N) is 3. The summed E-state index contributed by atoms with van der Waals surface area (Å²) in [4.78, 5) is 29.2. The summed E-state index contributed by atoms with van der Waals surface area (Å²) in [6, 6.07) is 0. The third kappa shape index (κ3) is 7.16. The lowest BCUT2D eigenvalue weighted by atomic mass is 9.97. The van der Waals surface area contributed by atoms with E-state index in [1.807, 2.05) is 4.90 Å². The average molecular weight is 341 g/mol. The number of hydrogen-bond acceptors (Lipinski definition) is 4. The lowest BCUT2D eigenvalue weighted by Gasteiger charge is -2.33. The van der Waals surface area contributed by atoms with Crippen molar-refractivity contribution in [2.45, 2.75) is 51.6 Å². The van der Waals surface area contributed by atoms with Crippen molar-refractivity contribution in [2.24, 2.45) is 28.1 Å². The third-order valence-electron chi connectivity index (χ3n) is 4.33. The number of hydrogen-bond donors (Lipinski definition) is 3. The Morgan fingerprint density at radius 3 is 2.33 bits per heavy atom. The summed E-state index contributed by atoms with van der Waals surface area (Å²) in [7, 11) is 0. The van der Waals surface area contributed by atoms with Crippen LogP contribution in [0.3, 0.4) is 0 Å². The first-order valence-electron chi connectivity index (χ1n) is 8.49. The first-order valence-corrected chi connectivity index (χ1v) is 8.49. The highest BCUT2D eigenvalue weighted by Gasteiger charge is 2.29. The number of carbonyl (C=O) groups excluding carboxylic acids is 2. The molecule has 0 aromatic carbocycles. The van der Waals surface area contributed by atoms with Gasteiger partial charge in [-0.25, -0.2) is 0 Å². The quantitative estimate of drug-likeness (QED) is 0.307. The Bertz CT molecular complexity index is 453. The summed E-state index contributed by atoms with van der Waals surface area (Å²) in [6.45, 7) is 5.88. The molecule has 0 atom stereocenters. The summed E-state index contributed by atoms with van der Waals surface area (Å²) >= 11 is 0. The van der Waals surface area contributed by atoms with Gasteiger partial charge in [0.15, 0.2) is 5.96 Å². The molecule has 0 saturated carbocycles. The van der Waals surface area contributed by atoms with E-state index in [1.165, 1.54) is 0 Å². The first kappa shape index (κ1) is 20.2. The van der Waals surface area contributed by atoms with E-state index in [0.717, 1.165) is 38.8 Å². The van der Waals surface area contributed by atoms with Gasteiger partial charge < -0.3 is 26.8 Å². The zero-order chi connectivity index (χ0) is 18.2. The monoisotopic (exact) mass is 341 g/mol. The Morgan fingerprint density at radius 2 is 1.79 bits per heavy atom. The highest BCUT2D eigenvalue weighted by molar-refractivity contribution is 5.82. The normalized spacial score (nSPS) is 16.0. The maximum Gasteiger partial charge on any atom is 0.249 e. The minimum Gasteiger partial charge on any atom is -0.370 e. The zero-order valence-corrected chi connectivity index (χ0v) is 14.8. The Balaban J connectivity index is 2.21. The van der Waals surface area contributed by atoms with Crippen LogP contribution in [0.4, 0.5) is 0 Å². The molecule has 0 radical (unpaired) electrons. The lowest BCUT2D eigenvalue weighted by molar-refractivity contribution is -0.142. The highest BCUT2D eigenvalue weighted by Crippen LogP contribution is 2.21. The van der Waals surface area contributed by atoms with Gasteiger partial charge in [0.05, 0.1) is 6.61 Å². The summed E-state index contributed by atoms with van der Waals surface area (Å²) in [5.41, 5.74) is 14.8. The molecular formula is C16H31N5O3. The summed E-state index contributed by atoms with van der Waals surface area (Å²) in [6.07, 6.45) is 3.88. The van der Waals surface area contributed by atoms with E-state index in [9.17, 15) is 9.59 Å². The molecule has 8 heteroatoms. The largest absolute Gasteiger partial charge is 0.370 e. The molecule has 24 heavy (non-hydrogen) atoms. The Kier molecular flexibility index (Phi) is 7.97. The molecule has 6 N–H and O–H groups in total. The molecule has 1 rings (SSSR count). The van der Waals surface area contributed by atoms with E-state index >= 15 is 0 Å². The smallest absolute Gasteiger partial charge is 0.249 e. The molecule has 1 fully saturated rings. The number of nitrogens with zero attached hydrogens (tertiary/aromatic N) is 2. The number of carbonyl (C=O) groups is 2. The molecule has 1 aliphatic heterocycles. The van der Waals surface area contributed by atoms with E-state index in [0.29, 0.717) is 25.5 Å². The Labute approximate surface area is 143 Å². The van der Waals surface area contributed by atoms with Gasteiger partial charge in [-0.1, -0.05) is 0 Å². The van der Waals surface area contributed by atoms with Gasteiger partial charge in [0.25, 0.3) is 0 Å². The molecule has 1 saturated heterocycles. The molecule has 0 aromatic rings. The lowest BCUT2D eigenvalue weighted by Crippen LogP contribution is -2.43. The number of primary amides is 1. The van der Waals surface area contributed by atoms with Crippen molar-refractivity contribution in [3.8, 4) is 0 Å². The fourth-order valence-electron chi connectivity index (χ4n) is 2.50. The molecule has 1 aliphatic rings. The average Bonchev–Trinajstić information content (AvgIpc) is 2.52. The fraction of sp³-hybridized carbons (Fsp3) is 0.812. The predicted molar refractivity (Wildman–Crippen MR) is 93.1 cm³/mol. The number of guanidine groups is 1.